The first kappa shape index (κ1) is 14.0. The molecule has 0 radical (unpaired) electrons. The third kappa shape index (κ3) is 1.62. The molecule has 2 heteroatoms. The molecule has 0 unspecified atom stereocenters. The fourth-order valence-electron chi connectivity index (χ4n) is 4.75. The molecule has 0 N–H and O–H groups in total. The summed E-state index contributed by atoms with van der Waals surface area (Å²) in [4.78, 5) is 25.4. The van der Waals surface area contributed by atoms with Gasteiger partial charge < -0.3 is 0 Å². The Balaban J connectivity index is 1.72. The Morgan fingerprint density at radius 1 is 0.462 bits per heavy atom. The normalized spacial score (nSPS) is 20.5. The van der Waals surface area contributed by atoms with Crippen molar-refractivity contribution in [2.45, 2.75) is 11.8 Å². The van der Waals surface area contributed by atoms with Gasteiger partial charge in [0.1, 0.15) is 0 Å². The number of ketones is 2. The van der Waals surface area contributed by atoms with E-state index in [0.717, 1.165) is 33.0 Å². The fraction of sp³-hybridized carbons (Fsp3) is 0.0833. The summed E-state index contributed by atoms with van der Waals surface area (Å²) >= 11 is 0. The predicted octanol–water partition coefficient (Wildman–Crippen LogP) is 4.72. The van der Waals surface area contributed by atoms with E-state index in [1.165, 1.54) is 10.8 Å². The Morgan fingerprint density at radius 2 is 0.885 bits per heavy atom. The highest BCUT2D eigenvalue weighted by Crippen LogP contribution is 2.50. The van der Waals surface area contributed by atoms with Gasteiger partial charge in [0.15, 0.2) is 0 Å². The van der Waals surface area contributed by atoms with Crippen LogP contribution in [0.25, 0.3) is 21.5 Å². The minimum Gasteiger partial charge on any atom is -0.290 e. The maximum Gasteiger partial charge on any atom is 0.211 e. The number of benzene rings is 4. The zero-order chi connectivity index (χ0) is 17.4. The minimum atomic E-state index is -0.449. The molecule has 0 spiro atoms. The van der Waals surface area contributed by atoms with Gasteiger partial charge in [-0.05, 0) is 68.1 Å². The summed E-state index contributed by atoms with van der Waals surface area (Å²) in [5.41, 5.74) is 3.99. The van der Waals surface area contributed by atoms with Crippen molar-refractivity contribution in [2.75, 3.05) is 0 Å². The number of fused-ring (bicyclic) bond motifs is 3. The van der Waals surface area contributed by atoms with Gasteiger partial charge in [0.05, 0.1) is 11.8 Å². The van der Waals surface area contributed by atoms with E-state index in [1.54, 1.807) is 0 Å². The molecule has 3 aliphatic carbocycles. The standard InChI is InChI=1S/C24H14O2/c25-23-21-17-7-3-4-8-18(17)22(24(23)26)20-12-16-10-14-6-2-1-5-13(14)9-15(16)11-19(20)21/h1-12,21-22H/t21-,22+. The van der Waals surface area contributed by atoms with Gasteiger partial charge in [0.25, 0.3) is 0 Å². The van der Waals surface area contributed by atoms with Gasteiger partial charge in [-0.25, -0.2) is 0 Å². The molecule has 26 heavy (non-hydrogen) atoms. The summed E-state index contributed by atoms with van der Waals surface area (Å²) in [6, 6.07) is 24.7. The Kier molecular flexibility index (Phi) is 2.51. The van der Waals surface area contributed by atoms with Crippen molar-refractivity contribution in [3.8, 4) is 0 Å². The molecule has 4 aromatic carbocycles. The van der Waals surface area contributed by atoms with Crippen LogP contribution in [0.5, 0.6) is 0 Å². The number of hydrogen-bond acceptors (Lipinski definition) is 2. The number of carbonyl (C=O) groups excluding carboxylic acids is 2. The molecule has 0 saturated heterocycles. The first-order chi connectivity index (χ1) is 12.7. The SMILES string of the molecule is O=C1C(=O)[C@H]2c3ccccc3[C@@H]1c1cc3cc4ccccc4cc3cc12. The predicted molar refractivity (Wildman–Crippen MR) is 102 cm³/mol. The van der Waals surface area contributed by atoms with Crippen LogP contribution in [0.1, 0.15) is 34.1 Å². The summed E-state index contributed by atoms with van der Waals surface area (Å²) in [5.74, 6) is -1.42. The van der Waals surface area contributed by atoms with Gasteiger partial charge in [-0.1, -0.05) is 48.5 Å². The molecule has 0 aliphatic heterocycles. The first-order valence-corrected chi connectivity index (χ1v) is 8.85. The number of rotatable bonds is 0. The third-order valence-corrected chi connectivity index (χ3v) is 5.91. The van der Waals surface area contributed by atoms with Gasteiger partial charge >= 0.3 is 0 Å². The van der Waals surface area contributed by atoms with E-state index in [4.69, 9.17) is 0 Å². The molecule has 0 heterocycles. The lowest BCUT2D eigenvalue weighted by atomic mass is 9.62. The molecular formula is C24H14O2. The Morgan fingerprint density at radius 3 is 1.35 bits per heavy atom. The maximum atomic E-state index is 12.7. The lowest BCUT2D eigenvalue weighted by Gasteiger charge is -2.38. The van der Waals surface area contributed by atoms with Crippen molar-refractivity contribution in [2.24, 2.45) is 0 Å². The number of Topliss-reactive ketones (excluding diaryl/α,β-unsaturated/α-hetero) is 2. The Labute approximate surface area is 150 Å². The summed E-state index contributed by atoms with van der Waals surface area (Å²) in [6.07, 6.45) is 0. The lowest BCUT2D eigenvalue weighted by molar-refractivity contribution is -0.138. The van der Waals surface area contributed by atoms with Gasteiger partial charge in [0.2, 0.25) is 11.6 Å². The topological polar surface area (TPSA) is 34.1 Å². The number of carbonyl (C=O) groups is 2. The molecule has 7 rings (SSSR count). The summed E-state index contributed by atoms with van der Waals surface area (Å²) in [5, 5.41) is 4.60. The molecule has 3 aliphatic rings. The summed E-state index contributed by atoms with van der Waals surface area (Å²) < 4.78 is 0. The highest BCUT2D eigenvalue weighted by atomic mass is 16.2. The molecule has 2 bridgehead atoms. The zero-order valence-corrected chi connectivity index (χ0v) is 13.9. The second kappa shape index (κ2) is 4.67. The molecule has 0 amide bonds. The maximum absolute atomic E-state index is 12.7. The average Bonchev–Trinajstić information content (AvgIpc) is 2.67. The van der Waals surface area contributed by atoms with Crippen LogP contribution in [0.15, 0.2) is 72.8 Å². The van der Waals surface area contributed by atoms with Crippen LogP contribution in [-0.2, 0) is 9.59 Å². The van der Waals surface area contributed by atoms with Crippen LogP contribution in [0, 0.1) is 0 Å². The van der Waals surface area contributed by atoms with Crippen molar-refractivity contribution in [3.05, 3.63) is 95.1 Å². The van der Waals surface area contributed by atoms with Gasteiger partial charge in [-0.2, -0.15) is 0 Å². The zero-order valence-electron chi connectivity index (χ0n) is 13.9. The molecule has 0 fully saturated rings. The monoisotopic (exact) mass is 334 g/mol. The van der Waals surface area contributed by atoms with Crippen molar-refractivity contribution in [1.82, 2.24) is 0 Å². The smallest absolute Gasteiger partial charge is 0.211 e. The fourth-order valence-corrected chi connectivity index (χ4v) is 4.75. The molecule has 122 valence electrons. The van der Waals surface area contributed by atoms with Crippen molar-refractivity contribution < 1.29 is 9.59 Å². The van der Waals surface area contributed by atoms with E-state index < -0.39 is 11.8 Å². The van der Waals surface area contributed by atoms with Crippen LogP contribution in [0.4, 0.5) is 0 Å². The molecule has 0 saturated carbocycles. The second-order valence-electron chi connectivity index (χ2n) is 7.25. The summed E-state index contributed by atoms with van der Waals surface area (Å²) in [7, 11) is 0. The Hall–Kier alpha value is -3.26. The highest BCUT2D eigenvalue weighted by Gasteiger charge is 2.48. The van der Waals surface area contributed by atoms with Crippen LogP contribution in [0.3, 0.4) is 0 Å². The largest absolute Gasteiger partial charge is 0.290 e. The van der Waals surface area contributed by atoms with Gasteiger partial charge in [0, 0.05) is 0 Å². The summed E-state index contributed by atoms with van der Waals surface area (Å²) in [6.45, 7) is 0. The van der Waals surface area contributed by atoms with Crippen molar-refractivity contribution in [1.29, 1.82) is 0 Å². The van der Waals surface area contributed by atoms with Gasteiger partial charge in [-0.3, -0.25) is 9.59 Å². The molecular weight excluding hydrogens is 320 g/mol. The quantitative estimate of drug-likeness (QED) is 0.344. The average molecular weight is 334 g/mol. The van der Waals surface area contributed by atoms with Gasteiger partial charge in [-0.15, -0.1) is 0 Å². The van der Waals surface area contributed by atoms with E-state index in [0.29, 0.717) is 0 Å². The first-order valence-electron chi connectivity index (χ1n) is 8.85. The van der Waals surface area contributed by atoms with E-state index in [9.17, 15) is 9.59 Å². The third-order valence-electron chi connectivity index (χ3n) is 5.91. The highest BCUT2D eigenvalue weighted by molar-refractivity contribution is 6.45. The molecule has 4 aromatic rings. The van der Waals surface area contributed by atoms with Crippen LogP contribution in [-0.4, -0.2) is 11.6 Å². The Bertz CT molecular complexity index is 1180. The lowest BCUT2D eigenvalue weighted by Crippen LogP contribution is -2.40. The van der Waals surface area contributed by atoms with E-state index >= 15 is 0 Å². The van der Waals surface area contributed by atoms with Crippen LogP contribution in [0.2, 0.25) is 0 Å². The number of hydrogen-bond donors (Lipinski definition) is 0. The van der Waals surface area contributed by atoms with E-state index in [1.807, 2.05) is 36.4 Å². The van der Waals surface area contributed by atoms with Crippen molar-refractivity contribution >= 4 is 33.1 Å². The van der Waals surface area contributed by atoms with Crippen LogP contribution < -0.4 is 0 Å². The van der Waals surface area contributed by atoms with E-state index in [2.05, 4.69) is 36.4 Å². The molecule has 2 atom stereocenters. The van der Waals surface area contributed by atoms with E-state index in [-0.39, 0.29) is 11.6 Å². The molecule has 0 aromatic heterocycles. The minimum absolute atomic E-state index is 0.263. The van der Waals surface area contributed by atoms with Crippen molar-refractivity contribution in [3.63, 3.8) is 0 Å². The van der Waals surface area contributed by atoms with Crippen LogP contribution >= 0.6 is 0 Å². The second-order valence-corrected chi connectivity index (χ2v) is 7.25. The molecule has 2 nitrogen and oxygen atoms in total.